The van der Waals surface area contributed by atoms with Crippen molar-refractivity contribution in [3.05, 3.63) is 40.4 Å². The van der Waals surface area contributed by atoms with Gasteiger partial charge in [-0.3, -0.25) is 4.79 Å². The number of carbonyl (C=O) groups excluding carboxylic acids is 1. The number of aldehydes is 1. The summed E-state index contributed by atoms with van der Waals surface area (Å²) < 4.78 is 2.52. The summed E-state index contributed by atoms with van der Waals surface area (Å²) in [6.45, 7) is 1.95. The summed E-state index contributed by atoms with van der Waals surface area (Å²) in [5, 5.41) is 4.01. The van der Waals surface area contributed by atoms with Gasteiger partial charge in [0, 0.05) is 4.47 Å². The number of hydrogen-bond acceptors (Lipinski definition) is 3. The average molecular weight is 266 g/mol. The standard InChI is InChI=1S/C10H8BrN3O/c1-7-4-8(11)2-3-9(7)14-10(5-15)12-6-13-14/h2-6H,1H3. The molecule has 2 aromatic rings. The Labute approximate surface area is 95.1 Å². The van der Waals surface area contributed by atoms with E-state index in [9.17, 15) is 4.79 Å². The van der Waals surface area contributed by atoms with Crippen molar-refractivity contribution in [2.24, 2.45) is 0 Å². The van der Waals surface area contributed by atoms with E-state index in [1.807, 2.05) is 25.1 Å². The second-order valence-electron chi connectivity index (χ2n) is 3.08. The molecule has 0 aliphatic carbocycles. The highest BCUT2D eigenvalue weighted by Crippen LogP contribution is 2.19. The van der Waals surface area contributed by atoms with E-state index in [2.05, 4.69) is 26.0 Å². The Hall–Kier alpha value is -1.49. The number of carbonyl (C=O) groups is 1. The lowest BCUT2D eigenvalue weighted by Gasteiger charge is -2.06. The van der Waals surface area contributed by atoms with Gasteiger partial charge in [0.1, 0.15) is 6.33 Å². The van der Waals surface area contributed by atoms with Crippen LogP contribution in [0.15, 0.2) is 29.0 Å². The fraction of sp³-hybridized carbons (Fsp3) is 0.100. The van der Waals surface area contributed by atoms with Gasteiger partial charge in [0.15, 0.2) is 12.1 Å². The van der Waals surface area contributed by atoms with E-state index in [1.54, 1.807) is 0 Å². The molecular weight excluding hydrogens is 258 g/mol. The number of nitrogens with zero attached hydrogens (tertiary/aromatic N) is 3. The van der Waals surface area contributed by atoms with E-state index >= 15 is 0 Å². The minimum atomic E-state index is 0.306. The summed E-state index contributed by atoms with van der Waals surface area (Å²) >= 11 is 3.38. The molecule has 0 amide bonds. The zero-order valence-corrected chi connectivity index (χ0v) is 9.60. The molecule has 0 saturated carbocycles. The summed E-state index contributed by atoms with van der Waals surface area (Å²) in [6.07, 6.45) is 2.06. The third kappa shape index (κ3) is 1.83. The Kier molecular flexibility index (Phi) is 2.64. The molecule has 0 fully saturated rings. The van der Waals surface area contributed by atoms with Gasteiger partial charge in [0.25, 0.3) is 0 Å². The Morgan fingerprint density at radius 2 is 2.27 bits per heavy atom. The number of aromatic nitrogens is 3. The van der Waals surface area contributed by atoms with Crippen molar-refractivity contribution < 1.29 is 4.79 Å². The van der Waals surface area contributed by atoms with Crippen LogP contribution in [0.4, 0.5) is 0 Å². The first-order chi connectivity index (χ1) is 7.22. The lowest BCUT2D eigenvalue weighted by molar-refractivity contribution is 0.111. The highest BCUT2D eigenvalue weighted by Gasteiger charge is 2.07. The minimum absolute atomic E-state index is 0.306. The molecule has 0 bridgehead atoms. The van der Waals surface area contributed by atoms with Crippen LogP contribution in [0, 0.1) is 6.92 Å². The first-order valence-corrected chi connectivity index (χ1v) is 5.13. The number of benzene rings is 1. The smallest absolute Gasteiger partial charge is 0.196 e. The summed E-state index contributed by atoms with van der Waals surface area (Å²) in [4.78, 5) is 14.6. The second kappa shape index (κ2) is 3.94. The topological polar surface area (TPSA) is 47.8 Å². The second-order valence-corrected chi connectivity index (χ2v) is 3.99. The van der Waals surface area contributed by atoms with Gasteiger partial charge in [-0.25, -0.2) is 9.67 Å². The van der Waals surface area contributed by atoms with E-state index in [-0.39, 0.29) is 0 Å². The molecule has 2 rings (SSSR count). The number of hydrogen-bond donors (Lipinski definition) is 0. The predicted octanol–water partition coefficient (Wildman–Crippen LogP) is 2.15. The SMILES string of the molecule is Cc1cc(Br)ccc1-n1ncnc1C=O. The Morgan fingerprint density at radius 3 is 2.93 bits per heavy atom. The summed E-state index contributed by atoms with van der Waals surface area (Å²) in [6, 6.07) is 5.76. The number of aryl methyl sites for hydroxylation is 1. The quantitative estimate of drug-likeness (QED) is 0.782. The highest BCUT2D eigenvalue weighted by molar-refractivity contribution is 9.10. The van der Waals surface area contributed by atoms with E-state index in [1.165, 1.54) is 11.0 Å². The summed E-state index contributed by atoms with van der Waals surface area (Å²) in [5.74, 6) is 0.306. The molecule has 0 aliphatic heterocycles. The van der Waals surface area contributed by atoms with Crippen molar-refractivity contribution in [2.75, 3.05) is 0 Å². The van der Waals surface area contributed by atoms with Crippen LogP contribution in [0.5, 0.6) is 0 Å². The van der Waals surface area contributed by atoms with Crippen LogP contribution < -0.4 is 0 Å². The maximum Gasteiger partial charge on any atom is 0.196 e. The number of halogens is 1. The lowest BCUT2D eigenvalue weighted by Crippen LogP contribution is -2.03. The third-order valence-electron chi connectivity index (χ3n) is 2.07. The Bertz CT molecular complexity index is 507. The van der Waals surface area contributed by atoms with Crippen LogP contribution in [-0.4, -0.2) is 21.1 Å². The van der Waals surface area contributed by atoms with Crippen LogP contribution >= 0.6 is 15.9 Å². The summed E-state index contributed by atoms with van der Waals surface area (Å²) in [5.41, 5.74) is 1.88. The zero-order valence-electron chi connectivity index (χ0n) is 8.01. The maximum absolute atomic E-state index is 10.7. The van der Waals surface area contributed by atoms with Gasteiger partial charge in [0.05, 0.1) is 5.69 Å². The van der Waals surface area contributed by atoms with Crippen LogP contribution in [0.3, 0.4) is 0 Å². The molecule has 0 aliphatic rings. The molecule has 1 aromatic heterocycles. The molecule has 0 unspecified atom stereocenters. The van der Waals surface area contributed by atoms with Gasteiger partial charge >= 0.3 is 0 Å². The number of rotatable bonds is 2. The van der Waals surface area contributed by atoms with Crippen LogP contribution in [-0.2, 0) is 0 Å². The molecule has 0 atom stereocenters. The van der Waals surface area contributed by atoms with Gasteiger partial charge in [-0.1, -0.05) is 15.9 Å². The molecule has 5 heteroatoms. The van der Waals surface area contributed by atoms with E-state index in [0.717, 1.165) is 15.7 Å². The van der Waals surface area contributed by atoms with Crippen molar-refractivity contribution in [1.29, 1.82) is 0 Å². The fourth-order valence-corrected chi connectivity index (χ4v) is 1.85. The van der Waals surface area contributed by atoms with E-state index < -0.39 is 0 Å². The minimum Gasteiger partial charge on any atom is -0.294 e. The maximum atomic E-state index is 10.7. The normalized spacial score (nSPS) is 10.3. The van der Waals surface area contributed by atoms with Gasteiger partial charge < -0.3 is 0 Å². The largest absolute Gasteiger partial charge is 0.294 e. The molecule has 0 spiro atoms. The van der Waals surface area contributed by atoms with Crippen LogP contribution in [0.25, 0.3) is 5.69 Å². The monoisotopic (exact) mass is 265 g/mol. The van der Waals surface area contributed by atoms with E-state index in [0.29, 0.717) is 12.1 Å². The Morgan fingerprint density at radius 1 is 1.47 bits per heavy atom. The van der Waals surface area contributed by atoms with Crippen molar-refractivity contribution in [3.63, 3.8) is 0 Å². The molecule has 0 N–H and O–H groups in total. The molecule has 1 heterocycles. The molecule has 76 valence electrons. The van der Waals surface area contributed by atoms with Crippen molar-refractivity contribution in [1.82, 2.24) is 14.8 Å². The van der Waals surface area contributed by atoms with Crippen molar-refractivity contribution in [2.45, 2.75) is 6.92 Å². The first-order valence-electron chi connectivity index (χ1n) is 4.34. The van der Waals surface area contributed by atoms with Crippen molar-refractivity contribution in [3.8, 4) is 5.69 Å². The van der Waals surface area contributed by atoms with Gasteiger partial charge in [-0.15, -0.1) is 0 Å². The molecule has 0 radical (unpaired) electrons. The molecule has 1 aromatic carbocycles. The van der Waals surface area contributed by atoms with Crippen LogP contribution in [0.2, 0.25) is 0 Å². The van der Waals surface area contributed by atoms with Crippen molar-refractivity contribution >= 4 is 22.2 Å². The Balaban J connectivity index is 2.59. The molecule has 0 saturated heterocycles. The van der Waals surface area contributed by atoms with Gasteiger partial charge in [-0.2, -0.15) is 5.10 Å². The van der Waals surface area contributed by atoms with E-state index in [4.69, 9.17) is 0 Å². The zero-order chi connectivity index (χ0) is 10.8. The molecule has 15 heavy (non-hydrogen) atoms. The molecule has 4 nitrogen and oxygen atoms in total. The lowest BCUT2D eigenvalue weighted by atomic mass is 10.2. The predicted molar refractivity (Wildman–Crippen MR) is 59.2 cm³/mol. The van der Waals surface area contributed by atoms with Crippen LogP contribution in [0.1, 0.15) is 16.2 Å². The van der Waals surface area contributed by atoms with Gasteiger partial charge in [-0.05, 0) is 30.7 Å². The molecular formula is C10H8BrN3O. The average Bonchev–Trinajstić information content (AvgIpc) is 2.65. The highest BCUT2D eigenvalue weighted by atomic mass is 79.9. The third-order valence-corrected chi connectivity index (χ3v) is 2.56. The first kappa shape index (κ1) is 10.0. The fourth-order valence-electron chi connectivity index (χ4n) is 1.37. The van der Waals surface area contributed by atoms with Gasteiger partial charge in [0.2, 0.25) is 0 Å². The summed E-state index contributed by atoms with van der Waals surface area (Å²) in [7, 11) is 0.